The lowest BCUT2D eigenvalue weighted by molar-refractivity contribution is -0.144. The fourth-order valence-electron chi connectivity index (χ4n) is 2.25. The quantitative estimate of drug-likeness (QED) is 0.802. The predicted octanol–water partition coefficient (Wildman–Crippen LogP) is 1.71. The molecule has 0 saturated carbocycles. The molecule has 1 aliphatic heterocycles. The zero-order chi connectivity index (χ0) is 15.4. The maximum Gasteiger partial charge on any atom is 0.313 e. The third-order valence-corrected chi connectivity index (χ3v) is 3.58. The Balaban J connectivity index is 2.08. The van der Waals surface area contributed by atoms with E-state index in [-0.39, 0.29) is 11.7 Å². The molecule has 2 amide bonds. The number of hydrogen-bond acceptors (Lipinski definition) is 3. The Morgan fingerprint density at radius 1 is 1.38 bits per heavy atom. The van der Waals surface area contributed by atoms with Crippen molar-refractivity contribution in [2.24, 2.45) is 0 Å². The van der Waals surface area contributed by atoms with Gasteiger partial charge >= 0.3 is 11.8 Å². The Kier molecular flexibility index (Phi) is 4.90. The van der Waals surface area contributed by atoms with E-state index in [0.717, 1.165) is 0 Å². The van der Waals surface area contributed by atoms with Crippen molar-refractivity contribution in [3.8, 4) is 0 Å². The van der Waals surface area contributed by atoms with Gasteiger partial charge in [-0.2, -0.15) is 0 Å². The van der Waals surface area contributed by atoms with Crippen molar-refractivity contribution in [3.63, 3.8) is 0 Å². The molecule has 1 N–H and O–H groups in total. The zero-order valence-electron chi connectivity index (χ0n) is 12.2. The molecule has 0 spiro atoms. The van der Waals surface area contributed by atoms with E-state index >= 15 is 0 Å². The van der Waals surface area contributed by atoms with Gasteiger partial charge in [0.2, 0.25) is 0 Å². The summed E-state index contributed by atoms with van der Waals surface area (Å²) in [5.41, 5.74) is 0.434. The van der Waals surface area contributed by atoms with Crippen LogP contribution in [0.1, 0.15) is 18.9 Å². The second-order valence-corrected chi connectivity index (χ2v) is 5.14. The third kappa shape index (κ3) is 3.58. The van der Waals surface area contributed by atoms with Crippen molar-refractivity contribution in [2.75, 3.05) is 25.1 Å². The number of amides is 2. The molecule has 0 aliphatic carbocycles. The molecular weight excluding hydrogens is 275 g/mol. The molecule has 0 unspecified atom stereocenters. The number of halogens is 1. The van der Waals surface area contributed by atoms with E-state index in [9.17, 15) is 14.0 Å². The van der Waals surface area contributed by atoms with E-state index in [1.165, 1.54) is 11.0 Å². The number of aryl methyl sites for hydroxylation is 1. The van der Waals surface area contributed by atoms with Crippen LogP contribution in [0.25, 0.3) is 0 Å². The summed E-state index contributed by atoms with van der Waals surface area (Å²) in [7, 11) is 0. The van der Waals surface area contributed by atoms with Crippen molar-refractivity contribution in [1.82, 2.24) is 4.90 Å². The Morgan fingerprint density at radius 3 is 2.90 bits per heavy atom. The van der Waals surface area contributed by atoms with Crippen molar-refractivity contribution in [1.29, 1.82) is 0 Å². The lowest BCUT2D eigenvalue weighted by Crippen LogP contribution is -2.45. The summed E-state index contributed by atoms with van der Waals surface area (Å²) >= 11 is 0. The number of nitrogens with zero attached hydrogens (tertiary/aromatic N) is 1. The van der Waals surface area contributed by atoms with Gasteiger partial charge in [-0.05, 0) is 31.9 Å². The summed E-state index contributed by atoms with van der Waals surface area (Å²) < 4.78 is 19.1. The average Bonchev–Trinajstić information content (AvgIpc) is 2.67. The minimum absolute atomic E-state index is 0.0204. The fourth-order valence-corrected chi connectivity index (χ4v) is 2.25. The molecule has 1 atom stereocenters. The minimum Gasteiger partial charge on any atom is -0.380 e. The Morgan fingerprint density at radius 2 is 2.14 bits per heavy atom. The smallest absolute Gasteiger partial charge is 0.313 e. The molecule has 1 aromatic rings. The van der Waals surface area contributed by atoms with Crippen molar-refractivity contribution in [3.05, 3.63) is 29.6 Å². The van der Waals surface area contributed by atoms with Crippen LogP contribution in [0, 0.1) is 12.7 Å². The molecule has 1 heterocycles. The molecule has 1 fully saturated rings. The SMILES string of the molecule is Cc1cccc(NC(=O)C(=O)N2CCOCC[C@@H]2C)c1F. The Labute approximate surface area is 123 Å². The maximum atomic E-state index is 13.8. The molecule has 1 aromatic carbocycles. The highest BCUT2D eigenvalue weighted by Crippen LogP contribution is 2.17. The van der Waals surface area contributed by atoms with E-state index in [1.807, 2.05) is 6.92 Å². The summed E-state index contributed by atoms with van der Waals surface area (Å²) in [4.78, 5) is 25.7. The first-order chi connectivity index (χ1) is 10.0. The van der Waals surface area contributed by atoms with Crippen LogP contribution >= 0.6 is 0 Å². The summed E-state index contributed by atoms with van der Waals surface area (Å²) in [5, 5.41) is 2.34. The van der Waals surface area contributed by atoms with Gasteiger partial charge in [-0.25, -0.2) is 4.39 Å². The average molecular weight is 294 g/mol. The number of nitrogens with one attached hydrogen (secondary N) is 1. The number of benzene rings is 1. The number of anilines is 1. The number of carbonyl (C=O) groups is 2. The largest absolute Gasteiger partial charge is 0.380 e. The van der Waals surface area contributed by atoms with E-state index in [2.05, 4.69) is 5.32 Å². The fraction of sp³-hybridized carbons (Fsp3) is 0.467. The van der Waals surface area contributed by atoms with Gasteiger partial charge in [0.25, 0.3) is 0 Å². The molecule has 5 nitrogen and oxygen atoms in total. The lowest BCUT2D eigenvalue weighted by atomic mass is 10.2. The number of ether oxygens (including phenoxy) is 1. The Hall–Kier alpha value is -1.95. The highest BCUT2D eigenvalue weighted by molar-refractivity contribution is 6.39. The first-order valence-corrected chi connectivity index (χ1v) is 6.95. The molecule has 21 heavy (non-hydrogen) atoms. The van der Waals surface area contributed by atoms with Crippen molar-refractivity contribution in [2.45, 2.75) is 26.3 Å². The molecule has 114 valence electrons. The normalized spacial score (nSPS) is 19.0. The second-order valence-electron chi connectivity index (χ2n) is 5.14. The minimum atomic E-state index is -0.826. The van der Waals surface area contributed by atoms with Crippen LogP contribution in [0.5, 0.6) is 0 Å². The van der Waals surface area contributed by atoms with Gasteiger partial charge < -0.3 is 15.0 Å². The third-order valence-electron chi connectivity index (χ3n) is 3.58. The van der Waals surface area contributed by atoms with E-state index in [4.69, 9.17) is 4.74 Å². The molecule has 0 aromatic heterocycles. The van der Waals surface area contributed by atoms with Gasteiger partial charge in [0, 0.05) is 19.2 Å². The first-order valence-electron chi connectivity index (χ1n) is 6.95. The lowest BCUT2D eigenvalue weighted by Gasteiger charge is -2.25. The van der Waals surface area contributed by atoms with Gasteiger partial charge in [0.1, 0.15) is 5.82 Å². The van der Waals surface area contributed by atoms with E-state index in [1.54, 1.807) is 19.1 Å². The van der Waals surface area contributed by atoms with Crippen LogP contribution in [0.4, 0.5) is 10.1 Å². The molecule has 0 radical (unpaired) electrons. The van der Waals surface area contributed by atoms with Gasteiger partial charge in [-0.15, -0.1) is 0 Å². The van der Waals surface area contributed by atoms with Crippen LogP contribution in [-0.2, 0) is 14.3 Å². The van der Waals surface area contributed by atoms with Gasteiger partial charge in [-0.1, -0.05) is 12.1 Å². The van der Waals surface area contributed by atoms with Crippen molar-refractivity contribution >= 4 is 17.5 Å². The zero-order valence-corrected chi connectivity index (χ0v) is 12.2. The monoisotopic (exact) mass is 294 g/mol. The second kappa shape index (κ2) is 6.67. The molecule has 1 saturated heterocycles. The summed E-state index contributed by atoms with van der Waals surface area (Å²) in [6.07, 6.45) is 0.678. The van der Waals surface area contributed by atoms with Crippen molar-refractivity contribution < 1.29 is 18.7 Å². The topological polar surface area (TPSA) is 58.6 Å². The molecule has 2 rings (SSSR count). The van der Waals surface area contributed by atoms with Crippen LogP contribution in [0.2, 0.25) is 0 Å². The number of carbonyl (C=O) groups excluding carboxylic acids is 2. The van der Waals surface area contributed by atoms with Crippen LogP contribution < -0.4 is 5.32 Å². The summed E-state index contributed by atoms with van der Waals surface area (Å²) in [5.74, 6) is -2.01. The Bertz CT molecular complexity index is 548. The molecule has 1 aliphatic rings. The highest BCUT2D eigenvalue weighted by Gasteiger charge is 2.28. The van der Waals surface area contributed by atoms with E-state index < -0.39 is 17.6 Å². The van der Waals surface area contributed by atoms with Gasteiger partial charge in [0.05, 0.1) is 12.3 Å². The predicted molar refractivity (Wildman–Crippen MR) is 76.4 cm³/mol. The number of rotatable bonds is 1. The number of hydrogen-bond donors (Lipinski definition) is 1. The summed E-state index contributed by atoms with van der Waals surface area (Å²) in [6, 6.07) is 4.58. The van der Waals surface area contributed by atoms with Gasteiger partial charge in [0.15, 0.2) is 0 Å². The first kappa shape index (κ1) is 15.4. The van der Waals surface area contributed by atoms with Crippen LogP contribution in [-0.4, -0.2) is 42.5 Å². The van der Waals surface area contributed by atoms with Gasteiger partial charge in [-0.3, -0.25) is 9.59 Å². The van der Waals surface area contributed by atoms with E-state index in [0.29, 0.717) is 31.7 Å². The summed E-state index contributed by atoms with van der Waals surface area (Å²) in [6.45, 7) is 4.80. The molecule has 0 bridgehead atoms. The highest BCUT2D eigenvalue weighted by atomic mass is 19.1. The van der Waals surface area contributed by atoms with Crippen LogP contribution in [0.15, 0.2) is 18.2 Å². The maximum absolute atomic E-state index is 13.8. The standard InChI is InChI=1S/C15H19FN2O3/c1-10-4-3-5-12(13(10)16)17-14(19)15(20)18-7-9-21-8-6-11(18)2/h3-5,11H,6-9H2,1-2H3,(H,17,19)/t11-/m0/s1. The molecular formula is C15H19FN2O3. The molecule has 6 heteroatoms. The van der Waals surface area contributed by atoms with Crippen LogP contribution in [0.3, 0.4) is 0 Å².